The molecule has 1 atom stereocenters. The second-order valence-electron chi connectivity index (χ2n) is 7.92. The molecule has 2 aromatic rings. The third kappa shape index (κ3) is 6.38. The number of likely N-dealkylation sites (tertiary alicyclic amines) is 1. The van der Waals surface area contributed by atoms with Crippen molar-refractivity contribution in [3.63, 3.8) is 0 Å². The van der Waals surface area contributed by atoms with Crippen molar-refractivity contribution in [3.05, 3.63) is 42.2 Å². The number of carbonyl (C=O) groups is 2. The first-order valence-corrected chi connectivity index (χ1v) is 11.4. The lowest BCUT2D eigenvalue weighted by Gasteiger charge is -2.30. The largest absolute Gasteiger partial charge is 0.466 e. The molecule has 0 saturated carbocycles. The van der Waals surface area contributed by atoms with E-state index in [1.54, 1.807) is 30.0 Å². The molecule has 1 amide bonds. The maximum absolute atomic E-state index is 14.0. The zero-order valence-electron chi connectivity index (χ0n) is 18.9. The number of oxazole rings is 1. The van der Waals surface area contributed by atoms with Crippen molar-refractivity contribution in [2.75, 3.05) is 32.8 Å². The molecule has 1 aromatic heterocycles. The molecule has 2 heterocycles. The van der Waals surface area contributed by atoms with E-state index in [1.807, 2.05) is 0 Å². The first kappa shape index (κ1) is 23.9. The predicted octanol–water partition coefficient (Wildman–Crippen LogP) is 3.68. The monoisotopic (exact) mass is 445 g/mol. The molecular weight excluding hydrogens is 413 g/mol. The van der Waals surface area contributed by atoms with Crippen LogP contribution in [0.4, 0.5) is 4.39 Å². The Morgan fingerprint density at radius 3 is 2.84 bits per heavy atom. The molecule has 0 aliphatic carbocycles. The minimum atomic E-state index is -0.381. The van der Waals surface area contributed by atoms with Gasteiger partial charge in [-0.25, -0.2) is 9.37 Å². The highest BCUT2D eigenvalue weighted by molar-refractivity contribution is 5.77. The smallest absolute Gasteiger partial charge is 0.307 e. The lowest BCUT2D eigenvalue weighted by molar-refractivity contribution is -0.144. The average Bonchev–Trinajstić information content (AvgIpc) is 3.44. The number of likely N-dealkylation sites (N-methyl/N-ethyl adjacent to an activating group) is 1. The van der Waals surface area contributed by atoms with Gasteiger partial charge in [-0.1, -0.05) is 19.1 Å². The molecule has 7 nitrogen and oxygen atoms in total. The van der Waals surface area contributed by atoms with E-state index in [2.05, 4.69) is 16.8 Å². The number of aromatic nitrogens is 1. The fraction of sp³-hybridized carbons (Fsp3) is 0.542. The van der Waals surface area contributed by atoms with Gasteiger partial charge >= 0.3 is 5.97 Å². The van der Waals surface area contributed by atoms with Crippen LogP contribution in [-0.2, 0) is 20.7 Å². The number of hydrogen-bond acceptors (Lipinski definition) is 6. The minimum Gasteiger partial charge on any atom is -0.466 e. The fourth-order valence-electron chi connectivity index (χ4n) is 4.13. The van der Waals surface area contributed by atoms with Crippen LogP contribution in [0.2, 0.25) is 0 Å². The molecule has 1 aliphatic heterocycles. The lowest BCUT2D eigenvalue weighted by Crippen LogP contribution is -2.44. The summed E-state index contributed by atoms with van der Waals surface area (Å²) in [4.78, 5) is 33.2. The van der Waals surface area contributed by atoms with Gasteiger partial charge in [0.2, 0.25) is 5.91 Å². The van der Waals surface area contributed by atoms with E-state index in [9.17, 15) is 14.0 Å². The zero-order valence-corrected chi connectivity index (χ0v) is 18.9. The maximum Gasteiger partial charge on any atom is 0.307 e. The number of hydrogen-bond donors (Lipinski definition) is 0. The van der Waals surface area contributed by atoms with Gasteiger partial charge in [-0.2, -0.15) is 0 Å². The van der Waals surface area contributed by atoms with Crippen molar-refractivity contribution in [2.45, 2.75) is 52.0 Å². The Labute approximate surface area is 188 Å². The Balaban J connectivity index is 1.61. The molecule has 1 fully saturated rings. The van der Waals surface area contributed by atoms with Crippen molar-refractivity contribution in [2.24, 2.45) is 0 Å². The molecule has 0 bridgehead atoms. The second-order valence-corrected chi connectivity index (χ2v) is 7.92. The van der Waals surface area contributed by atoms with Gasteiger partial charge in [-0.15, -0.1) is 0 Å². The van der Waals surface area contributed by atoms with Crippen molar-refractivity contribution in [1.82, 2.24) is 14.8 Å². The SMILES string of the molecule is CCOC(=O)CCN(CC1CCCN1CC)C(=O)CCc1ncc(-c2ccccc2F)o1. The summed E-state index contributed by atoms with van der Waals surface area (Å²) in [6, 6.07) is 6.65. The van der Waals surface area contributed by atoms with Crippen molar-refractivity contribution in [3.8, 4) is 11.3 Å². The maximum atomic E-state index is 14.0. The third-order valence-corrected chi connectivity index (χ3v) is 5.83. The number of benzene rings is 1. The molecule has 1 aromatic carbocycles. The molecular formula is C24H32FN3O4. The molecule has 0 spiro atoms. The average molecular weight is 446 g/mol. The van der Waals surface area contributed by atoms with E-state index < -0.39 is 0 Å². The van der Waals surface area contributed by atoms with E-state index in [0.29, 0.717) is 49.4 Å². The summed E-state index contributed by atoms with van der Waals surface area (Å²) in [6.07, 6.45) is 4.34. The molecule has 174 valence electrons. The zero-order chi connectivity index (χ0) is 22.9. The second kappa shape index (κ2) is 11.8. The van der Waals surface area contributed by atoms with E-state index in [0.717, 1.165) is 25.9 Å². The molecule has 3 rings (SSSR count). The van der Waals surface area contributed by atoms with Crippen LogP contribution in [-0.4, -0.2) is 65.5 Å². The Kier molecular flexibility index (Phi) is 8.79. The van der Waals surface area contributed by atoms with E-state index in [-0.39, 0.29) is 30.5 Å². The molecule has 8 heteroatoms. The number of rotatable bonds is 11. The topological polar surface area (TPSA) is 75.9 Å². The molecule has 0 radical (unpaired) electrons. The highest BCUT2D eigenvalue weighted by atomic mass is 19.1. The van der Waals surface area contributed by atoms with Gasteiger partial charge in [0, 0.05) is 32.0 Å². The number of esters is 1. The number of carbonyl (C=O) groups excluding carboxylic acids is 2. The molecule has 1 saturated heterocycles. The van der Waals surface area contributed by atoms with E-state index >= 15 is 0 Å². The van der Waals surface area contributed by atoms with Gasteiger partial charge in [0.25, 0.3) is 0 Å². The normalized spacial score (nSPS) is 16.3. The Hall–Kier alpha value is -2.74. The number of aryl methyl sites for hydroxylation is 1. The van der Waals surface area contributed by atoms with Crippen molar-refractivity contribution >= 4 is 11.9 Å². The Bertz CT molecular complexity index is 901. The van der Waals surface area contributed by atoms with Crippen molar-refractivity contribution in [1.29, 1.82) is 0 Å². The number of nitrogens with zero attached hydrogens (tertiary/aromatic N) is 3. The number of halogens is 1. The Morgan fingerprint density at radius 2 is 2.09 bits per heavy atom. The van der Waals surface area contributed by atoms with Crippen LogP contribution in [0.15, 0.2) is 34.9 Å². The van der Waals surface area contributed by atoms with Gasteiger partial charge in [0.15, 0.2) is 11.7 Å². The van der Waals surface area contributed by atoms with Gasteiger partial charge in [-0.05, 0) is 45.0 Å². The quantitative estimate of drug-likeness (QED) is 0.491. The Morgan fingerprint density at radius 1 is 1.28 bits per heavy atom. The molecule has 1 aliphatic rings. The first-order valence-electron chi connectivity index (χ1n) is 11.4. The summed E-state index contributed by atoms with van der Waals surface area (Å²) in [5.74, 6) is -0.00471. The van der Waals surface area contributed by atoms with Crippen molar-refractivity contribution < 1.29 is 23.1 Å². The summed E-state index contributed by atoms with van der Waals surface area (Å²) in [5, 5.41) is 0. The van der Waals surface area contributed by atoms with E-state index in [4.69, 9.17) is 9.15 Å². The summed E-state index contributed by atoms with van der Waals surface area (Å²) in [6.45, 7) is 7.13. The van der Waals surface area contributed by atoms with Crippen LogP contribution in [0.3, 0.4) is 0 Å². The molecule has 32 heavy (non-hydrogen) atoms. The van der Waals surface area contributed by atoms with Crippen LogP contribution < -0.4 is 0 Å². The summed E-state index contributed by atoms with van der Waals surface area (Å²) in [7, 11) is 0. The van der Waals surface area contributed by atoms with Crippen LogP contribution in [0.1, 0.15) is 45.4 Å². The summed E-state index contributed by atoms with van der Waals surface area (Å²) >= 11 is 0. The standard InChI is InChI=1S/C24H32FN3O4/c1-3-27-14-7-8-18(27)17-28(15-13-24(30)31-4-2)23(29)12-11-22-26-16-21(32-22)19-9-5-6-10-20(19)25/h5-6,9-10,16,18H,3-4,7-8,11-15,17H2,1-2H3. The predicted molar refractivity (Wildman–Crippen MR) is 118 cm³/mol. The summed E-state index contributed by atoms with van der Waals surface area (Å²) < 4.78 is 24.7. The lowest BCUT2D eigenvalue weighted by atomic mass is 10.1. The first-order chi connectivity index (χ1) is 15.5. The van der Waals surface area contributed by atoms with Gasteiger partial charge in [0.05, 0.1) is 24.8 Å². The minimum absolute atomic E-state index is 0.0529. The van der Waals surface area contributed by atoms with Crippen LogP contribution in [0, 0.1) is 5.82 Å². The van der Waals surface area contributed by atoms with Crippen LogP contribution >= 0.6 is 0 Å². The van der Waals surface area contributed by atoms with Gasteiger partial charge < -0.3 is 14.1 Å². The van der Waals surface area contributed by atoms with Gasteiger partial charge in [-0.3, -0.25) is 14.5 Å². The fourth-order valence-corrected chi connectivity index (χ4v) is 4.13. The molecule has 0 N–H and O–H groups in total. The molecule has 1 unspecified atom stereocenters. The summed E-state index contributed by atoms with van der Waals surface area (Å²) in [5.41, 5.74) is 0.342. The highest BCUT2D eigenvalue weighted by Gasteiger charge is 2.27. The third-order valence-electron chi connectivity index (χ3n) is 5.83. The van der Waals surface area contributed by atoms with Crippen LogP contribution in [0.25, 0.3) is 11.3 Å². The highest BCUT2D eigenvalue weighted by Crippen LogP contribution is 2.24. The number of amides is 1. The van der Waals surface area contributed by atoms with Gasteiger partial charge in [0.1, 0.15) is 5.82 Å². The van der Waals surface area contributed by atoms with E-state index in [1.165, 1.54) is 12.3 Å². The van der Waals surface area contributed by atoms with Crippen LogP contribution in [0.5, 0.6) is 0 Å². The number of ether oxygens (including phenoxy) is 1.